The monoisotopic (exact) mass is 166 g/mol. The summed E-state index contributed by atoms with van der Waals surface area (Å²) in [6, 6.07) is 10.2. The van der Waals surface area contributed by atoms with Crippen molar-refractivity contribution in [2.24, 2.45) is 0 Å². The lowest BCUT2D eigenvalue weighted by atomic mass is 10.1. The summed E-state index contributed by atoms with van der Waals surface area (Å²) >= 11 is 0. The van der Waals surface area contributed by atoms with Crippen LogP contribution in [0.4, 0.5) is 4.39 Å². The molecule has 0 aliphatic heterocycles. The van der Waals surface area contributed by atoms with Crippen LogP contribution in [0.25, 0.3) is 0 Å². The van der Waals surface area contributed by atoms with Gasteiger partial charge in [0.1, 0.15) is 0 Å². The molecule has 12 heavy (non-hydrogen) atoms. The molecule has 0 aliphatic carbocycles. The minimum atomic E-state index is -0.659. The van der Waals surface area contributed by atoms with Gasteiger partial charge >= 0.3 is 0 Å². The van der Waals surface area contributed by atoms with E-state index in [0.717, 1.165) is 12.8 Å². The van der Waals surface area contributed by atoms with Crippen LogP contribution in [0.15, 0.2) is 30.3 Å². The van der Waals surface area contributed by atoms with Gasteiger partial charge in [0, 0.05) is 0 Å². The predicted molar refractivity (Wildman–Crippen MR) is 50.0 cm³/mol. The summed E-state index contributed by atoms with van der Waals surface area (Å²) in [5, 5.41) is 0. The third-order valence-corrected chi connectivity index (χ3v) is 1.91. The molecule has 1 aromatic carbocycles. The lowest BCUT2D eigenvalue weighted by molar-refractivity contribution is 0.334. The Morgan fingerprint density at radius 3 is 2.50 bits per heavy atom. The number of aryl methyl sites for hydroxylation is 1. The smallest absolute Gasteiger partial charge is 0.0973 e. The van der Waals surface area contributed by atoms with Crippen molar-refractivity contribution in [3.05, 3.63) is 35.9 Å². The number of rotatable bonds is 4. The molecular formula is C11H15F. The van der Waals surface area contributed by atoms with E-state index in [1.54, 1.807) is 6.92 Å². The van der Waals surface area contributed by atoms with Crippen molar-refractivity contribution in [3.63, 3.8) is 0 Å². The molecule has 0 spiro atoms. The molecule has 0 fully saturated rings. The highest BCUT2D eigenvalue weighted by molar-refractivity contribution is 5.14. The van der Waals surface area contributed by atoms with E-state index < -0.39 is 6.17 Å². The van der Waals surface area contributed by atoms with E-state index in [1.807, 2.05) is 18.2 Å². The van der Waals surface area contributed by atoms with Gasteiger partial charge in [-0.1, -0.05) is 30.3 Å². The second kappa shape index (κ2) is 4.91. The molecule has 1 aromatic rings. The minimum Gasteiger partial charge on any atom is -0.248 e. The van der Waals surface area contributed by atoms with Crippen molar-refractivity contribution in [1.82, 2.24) is 0 Å². The zero-order valence-corrected chi connectivity index (χ0v) is 7.46. The molecule has 0 saturated carbocycles. The summed E-state index contributed by atoms with van der Waals surface area (Å²) in [6.45, 7) is 1.62. The first kappa shape index (κ1) is 9.24. The van der Waals surface area contributed by atoms with Gasteiger partial charge in [-0.05, 0) is 31.7 Å². The van der Waals surface area contributed by atoms with Gasteiger partial charge in [-0.25, -0.2) is 4.39 Å². The summed E-state index contributed by atoms with van der Waals surface area (Å²) < 4.78 is 12.4. The number of benzene rings is 1. The molecule has 0 radical (unpaired) electrons. The third-order valence-electron chi connectivity index (χ3n) is 1.91. The largest absolute Gasteiger partial charge is 0.248 e. The number of alkyl halides is 1. The second-order valence-electron chi connectivity index (χ2n) is 3.16. The molecule has 0 aliphatic rings. The van der Waals surface area contributed by atoms with E-state index in [1.165, 1.54) is 5.56 Å². The summed E-state index contributed by atoms with van der Waals surface area (Å²) in [6.07, 6.45) is 1.96. The fourth-order valence-electron chi connectivity index (χ4n) is 1.23. The van der Waals surface area contributed by atoms with Crippen molar-refractivity contribution in [1.29, 1.82) is 0 Å². The van der Waals surface area contributed by atoms with Crippen molar-refractivity contribution in [3.8, 4) is 0 Å². The first-order valence-electron chi connectivity index (χ1n) is 4.47. The van der Waals surface area contributed by atoms with Crippen molar-refractivity contribution >= 4 is 0 Å². The van der Waals surface area contributed by atoms with Gasteiger partial charge < -0.3 is 0 Å². The van der Waals surface area contributed by atoms with E-state index in [9.17, 15) is 4.39 Å². The Labute approximate surface area is 73.4 Å². The Morgan fingerprint density at radius 1 is 1.25 bits per heavy atom. The van der Waals surface area contributed by atoms with Crippen molar-refractivity contribution in [2.75, 3.05) is 0 Å². The maximum atomic E-state index is 12.4. The maximum Gasteiger partial charge on any atom is 0.0973 e. The Bertz CT molecular complexity index is 204. The summed E-state index contributed by atoms with van der Waals surface area (Å²) in [7, 11) is 0. The van der Waals surface area contributed by atoms with Gasteiger partial charge in [0.25, 0.3) is 0 Å². The van der Waals surface area contributed by atoms with E-state index in [0.29, 0.717) is 6.42 Å². The molecule has 0 nitrogen and oxygen atoms in total. The topological polar surface area (TPSA) is 0 Å². The van der Waals surface area contributed by atoms with E-state index >= 15 is 0 Å². The molecule has 1 heteroatoms. The molecule has 0 bridgehead atoms. The molecular weight excluding hydrogens is 151 g/mol. The number of hydrogen-bond acceptors (Lipinski definition) is 0. The van der Waals surface area contributed by atoms with Gasteiger partial charge in [0.2, 0.25) is 0 Å². The lowest BCUT2D eigenvalue weighted by Crippen LogP contribution is -1.93. The highest BCUT2D eigenvalue weighted by atomic mass is 19.1. The highest BCUT2D eigenvalue weighted by Gasteiger charge is 1.97. The zero-order valence-electron chi connectivity index (χ0n) is 7.46. The van der Waals surface area contributed by atoms with E-state index in [-0.39, 0.29) is 0 Å². The molecule has 1 atom stereocenters. The molecule has 0 heterocycles. The lowest BCUT2D eigenvalue weighted by Gasteiger charge is -2.01. The Kier molecular flexibility index (Phi) is 3.78. The van der Waals surface area contributed by atoms with Crippen LogP contribution in [0, 0.1) is 0 Å². The van der Waals surface area contributed by atoms with Crippen LogP contribution in [-0.4, -0.2) is 6.17 Å². The number of halogens is 1. The third kappa shape index (κ3) is 3.51. The van der Waals surface area contributed by atoms with Gasteiger partial charge in [-0.2, -0.15) is 0 Å². The maximum absolute atomic E-state index is 12.4. The second-order valence-corrected chi connectivity index (χ2v) is 3.16. The van der Waals surface area contributed by atoms with Crippen LogP contribution in [0.5, 0.6) is 0 Å². The Morgan fingerprint density at radius 2 is 1.92 bits per heavy atom. The summed E-state index contributed by atoms with van der Waals surface area (Å²) in [5.41, 5.74) is 1.30. The molecule has 0 unspecified atom stereocenters. The van der Waals surface area contributed by atoms with E-state index in [2.05, 4.69) is 12.1 Å². The molecule has 66 valence electrons. The quantitative estimate of drug-likeness (QED) is 0.643. The standard InChI is InChI=1S/C11H15F/c1-10(12)6-5-9-11-7-3-2-4-8-11/h2-4,7-8,10H,5-6,9H2,1H3/t10-/m0/s1. The molecule has 0 N–H and O–H groups in total. The normalized spacial score (nSPS) is 12.8. The average molecular weight is 166 g/mol. The van der Waals surface area contributed by atoms with Gasteiger partial charge in [-0.15, -0.1) is 0 Å². The van der Waals surface area contributed by atoms with E-state index in [4.69, 9.17) is 0 Å². The van der Waals surface area contributed by atoms with Gasteiger partial charge in [0.05, 0.1) is 6.17 Å². The average Bonchev–Trinajstić information content (AvgIpc) is 2.05. The Balaban J connectivity index is 2.25. The van der Waals surface area contributed by atoms with Crippen LogP contribution >= 0.6 is 0 Å². The van der Waals surface area contributed by atoms with Crippen LogP contribution in [-0.2, 0) is 6.42 Å². The molecule has 0 aromatic heterocycles. The van der Waals surface area contributed by atoms with Crippen molar-refractivity contribution < 1.29 is 4.39 Å². The fraction of sp³-hybridized carbons (Fsp3) is 0.455. The van der Waals surface area contributed by atoms with Crippen LogP contribution in [0.1, 0.15) is 25.3 Å². The minimum absolute atomic E-state index is 0.659. The summed E-state index contributed by atoms with van der Waals surface area (Å²) in [4.78, 5) is 0. The zero-order chi connectivity index (χ0) is 8.81. The highest BCUT2D eigenvalue weighted by Crippen LogP contribution is 2.07. The van der Waals surface area contributed by atoms with Gasteiger partial charge in [0.15, 0.2) is 0 Å². The predicted octanol–water partition coefficient (Wildman–Crippen LogP) is 3.37. The van der Waals surface area contributed by atoms with Crippen LogP contribution in [0.2, 0.25) is 0 Å². The van der Waals surface area contributed by atoms with Crippen LogP contribution < -0.4 is 0 Å². The first-order valence-corrected chi connectivity index (χ1v) is 4.47. The first-order chi connectivity index (χ1) is 5.79. The fourth-order valence-corrected chi connectivity index (χ4v) is 1.23. The number of hydrogen-bond donors (Lipinski definition) is 0. The SMILES string of the molecule is C[C@H](F)CCCc1ccccc1. The molecule has 1 rings (SSSR count). The molecule has 0 saturated heterocycles. The summed E-state index contributed by atoms with van der Waals surface area (Å²) in [5.74, 6) is 0. The van der Waals surface area contributed by atoms with Crippen LogP contribution in [0.3, 0.4) is 0 Å². The van der Waals surface area contributed by atoms with Gasteiger partial charge in [-0.3, -0.25) is 0 Å². The molecule has 0 amide bonds. The van der Waals surface area contributed by atoms with Crippen molar-refractivity contribution in [2.45, 2.75) is 32.4 Å². The Hall–Kier alpha value is -0.850.